The fourth-order valence-electron chi connectivity index (χ4n) is 3.92. The molecule has 1 atom stereocenters. The summed E-state index contributed by atoms with van der Waals surface area (Å²) in [5.41, 5.74) is 6.49. The standard InChI is InChI=1S/C28H32N2O2/c1-20-9-8-12-25(15-20)19-30(27(31)18-24-14-13-21(2)22(3)16-24)26(28(32)29-4)17-23-10-6-5-7-11-23/h5-16,26H,17-19H2,1-4H3,(H,29,32). The molecular formula is C28H32N2O2. The zero-order valence-corrected chi connectivity index (χ0v) is 19.4. The summed E-state index contributed by atoms with van der Waals surface area (Å²) in [4.78, 5) is 28.3. The van der Waals surface area contributed by atoms with E-state index in [2.05, 4.69) is 31.3 Å². The minimum absolute atomic E-state index is 0.0562. The van der Waals surface area contributed by atoms with E-state index in [9.17, 15) is 9.59 Å². The van der Waals surface area contributed by atoms with Gasteiger partial charge in [0.2, 0.25) is 11.8 Å². The molecule has 3 rings (SSSR count). The molecule has 0 bridgehead atoms. The molecule has 0 aliphatic rings. The van der Waals surface area contributed by atoms with E-state index < -0.39 is 6.04 Å². The Hall–Kier alpha value is -3.40. The summed E-state index contributed by atoms with van der Waals surface area (Å²) in [6, 6.07) is 23.5. The van der Waals surface area contributed by atoms with Crippen LogP contribution in [0.5, 0.6) is 0 Å². The highest BCUT2D eigenvalue weighted by molar-refractivity contribution is 5.88. The molecule has 3 aromatic rings. The van der Waals surface area contributed by atoms with Gasteiger partial charge in [0.05, 0.1) is 6.42 Å². The molecule has 1 N–H and O–H groups in total. The van der Waals surface area contributed by atoms with Gasteiger partial charge in [-0.1, -0.05) is 78.4 Å². The Bertz CT molecular complexity index is 1080. The lowest BCUT2D eigenvalue weighted by Gasteiger charge is -2.31. The first-order chi connectivity index (χ1) is 15.4. The summed E-state index contributed by atoms with van der Waals surface area (Å²) in [6.45, 7) is 6.53. The van der Waals surface area contributed by atoms with Gasteiger partial charge < -0.3 is 10.2 Å². The second-order valence-corrected chi connectivity index (χ2v) is 8.43. The Morgan fingerprint density at radius 2 is 1.53 bits per heavy atom. The molecule has 4 nitrogen and oxygen atoms in total. The zero-order valence-electron chi connectivity index (χ0n) is 19.4. The van der Waals surface area contributed by atoms with Crippen molar-refractivity contribution < 1.29 is 9.59 Å². The number of benzene rings is 3. The van der Waals surface area contributed by atoms with Crippen LogP contribution in [0.15, 0.2) is 72.8 Å². The lowest BCUT2D eigenvalue weighted by atomic mass is 10.00. The van der Waals surface area contributed by atoms with E-state index in [1.54, 1.807) is 11.9 Å². The summed E-state index contributed by atoms with van der Waals surface area (Å²) in [6.07, 6.45) is 0.722. The molecule has 0 fully saturated rings. The predicted molar refractivity (Wildman–Crippen MR) is 129 cm³/mol. The third-order valence-electron chi connectivity index (χ3n) is 5.88. The van der Waals surface area contributed by atoms with E-state index in [-0.39, 0.29) is 18.2 Å². The van der Waals surface area contributed by atoms with Crippen molar-refractivity contribution in [3.05, 3.63) is 106 Å². The second-order valence-electron chi connectivity index (χ2n) is 8.43. The lowest BCUT2D eigenvalue weighted by molar-refractivity contribution is -0.140. The number of carbonyl (C=O) groups is 2. The molecule has 4 heteroatoms. The van der Waals surface area contributed by atoms with Gasteiger partial charge in [-0.25, -0.2) is 0 Å². The molecule has 32 heavy (non-hydrogen) atoms. The Balaban J connectivity index is 1.95. The van der Waals surface area contributed by atoms with Crippen molar-refractivity contribution in [2.75, 3.05) is 7.05 Å². The third-order valence-corrected chi connectivity index (χ3v) is 5.88. The van der Waals surface area contributed by atoms with E-state index in [4.69, 9.17) is 0 Å². The molecule has 1 unspecified atom stereocenters. The van der Waals surface area contributed by atoms with Crippen LogP contribution in [-0.4, -0.2) is 29.8 Å². The topological polar surface area (TPSA) is 49.4 Å². The predicted octanol–water partition coefficient (Wildman–Crippen LogP) is 4.54. The summed E-state index contributed by atoms with van der Waals surface area (Å²) >= 11 is 0. The number of rotatable bonds is 8. The number of nitrogens with zero attached hydrogens (tertiary/aromatic N) is 1. The first kappa shape index (κ1) is 23.3. The minimum Gasteiger partial charge on any atom is -0.357 e. The number of nitrogens with one attached hydrogen (secondary N) is 1. The van der Waals surface area contributed by atoms with Crippen LogP contribution in [0.25, 0.3) is 0 Å². The fourth-order valence-corrected chi connectivity index (χ4v) is 3.92. The number of hydrogen-bond donors (Lipinski definition) is 1. The molecule has 0 saturated heterocycles. The van der Waals surface area contributed by atoms with Gasteiger partial charge in [-0.05, 0) is 48.6 Å². The van der Waals surface area contributed by atoms with Gasteiger partial charge in [-0.2, -0.15) is 0 Å². The van der Waals surface area contributed by atoms with Crippen LogP contribution in [0.1, 0.15) is 33.4 Å². The van der Waals surface area contributed by atoms with Crippen LogP contribution in [0.3, 0.4) is 0 Å². The molecule has 0 radical (unpaired) electrons. The van der Waals surface area contributed by atoms with Crippen LogP contribution < -0.4 is 5.32 Å². The summed E-state index contributed by atoms with van der Waals surface area (Å²) < 4.78 is 0. The van der Waals surface area contributed by atoms with E-state index in [0.29, 0.717) is 13.0 Å². The Morgan fingerprint density at radius 3 is 2.19 bits per heavy atom. The lowest BCUT2D eigenvalue weighted by Crippen LogP contribution is -2.50. The number of aryl methyl sites for hydroxylation is 3. The first-order valence-corrected chi connectivity index (χ1v) is 11.0. The molecule has 3 aromatic carbocycles. The van der Waals surface area contributed by atoms with E-state index in [0.717, 1.165) is 27.8 Å². The van der Waals surface area contributed by atoms with E-state index in [1.165, 1.54) is 5.56 Å². The van der Waals surface area contributed by atoms with Crippen molar-refractivity contribution in [3.8, 4) is 0 Å². The van der Waals surface area contributed by atoms with Crippen LogP contribution in [0, 0.1) is 20.8 Å². The van der Waals surface area contributed by atoms with Crippen LogP contribution in [0.4, 0.5) is 0 Å². The number of hydrogen-bond acceptors (Lipinski definition) is 2. The third kappa shape index (κ3) is 6.07. The average molecular weight is 429 g/mol. The van der Waals surface area contributed by atoms with Crippen molar-refractivity contribution >= 4 is 11.8 Å². The van der Waals surface area contributed by atoms with Crippen LogP contribution in [-0.2, 0) is 29.0 Å². The smallest absolute Gasteiger partial charge is 0.242 e. The molecule has 0 spiro atoms. The van der Waals surface area contributed by atoms with Crippen molar-refractivity contribution in [2.24, 2.45) is 0 Å². The van der Waals surface area contributed by atoms with Crippen LogP contribution in [0.2, 0.25) is 0 Å². The molecule has 0 aliphatic carbocycles. The fraction of sp³-hybridized carbons (Fsp3) is 0.286. The quantitative estimate of drug-likeness (QED) is 0.573. The number of likely N-dealkylation sites (N-methyl/N-ethyl adjacent to an activating group) is 1. The Labute approximate surface area is 191 Å². The van der Waals surface area contributed by atoms with Gasteiger partial charge >= 0.3 is 0 Å². The number of carbonyl (C=O) groups excluding carboxylic acids is 2. The van der Waals surface area contributed by atoms with Crippen LogP contribution >= 0.6 is 0 Å². The van der Waals surface area contributed by atoms with E-state index >= 15 is 0 Å². The molecular weight excluding hydrogens is 396 g/mol. The zero-order chi connectivity index (χ0) is 23.1. The largest absolute Gasteiger partial charge is 0.357 e. The van der Waals surface area contributed by atoms with Crippen molar-refractivity contribution in [1.29, 1.82) is 0 Å². The maximum absolute atomic E-state index is 13.6. The Morgan fingerprint density at radius 1 is 0.812 bits per heavy atom. The number of amides is 2. The minimum atomic E-state index is -0.595. The van der Waals surface area contributed by atoms with Crippen molar-refractivity contribution in [3.63, 3.8) is 0 Å². The van der Waals surface area contributed by atoms with Gasteiger partial charge in [0.1, 0.15) is 6.04 Å². The van der Waals surface area contributed by atoms with E-state index in [1.807, 2.05) is 67.6 Å². The van der Waals surface area contributed by atoms with Crippen molar-refractivity contribution in [1.82, 2.24) is 10.2 Å². The molecule has 0 aliphatic heterocycles. The monoisotopic (exact) mass is 428 g/mol. The van der Waals surface area contributed by atoms with Gasteiger partial charge in [-0.15, -0.1) is 0 Å². The highest BCUT2D eigenvalue weighted by atomic mass is 16.2. The molecule has 166 valence electrons. The summed E-state index contributed by atoms with van der Waals surface area (Å²) in [5.74, 6) is -0.214. The molecule has 0 aromatic heterocycles. The van der Waals surface area contributed by atoms with Gasteiger partial charge in [0.15, 0.2) is 0 Å². The second kappa shape index (κ2) is 10.8. The SMILES string of the molecule is CNC(=O)C(Cc1ccccc1)N(Cc1cccc(C)c1)C(=O)Cc1ccc(C)c(C)c1. The van der Waals surface area contributed by atoms with Gasteiger partial charge in [0, 0.05) is 20.0 Å². The highest BCUT2D eigenvalue weighted by Crippen LogP contribution is 2.18. The van der Waals surface area contributed by atoms with Crippen molar-refractivity contribution in [2.45, 2.75) is 46.2 Å². The Kier molecular flexibility index (Phi) is 7.82. The highest BCUT2D eigenvalue weighted by Gasteiger charge is 2.29. The first-order valence-electron chi connectivity index (χ1n) is 11.0. The van der Waals surface area contributed by atoms with Gasteiger partial charge in [-0.3, -0.25) is 9.59 Å². The average Bonchev–Trinajstić information content (AvgIpc) is 2.79. The summed E-state index contributed by atoms with van der Waals surface area (Å²) in [5, 5.41) is 2.77. The summed E-state index contributed by atoms with van der Waals surface area (Å²) in [7, 11) is 1.62. The normalized spacial score (nSPS) is 11.6. The molecule has 0 saturated carbocycles. The molecule has 2 amide bonds. The maximum Gasteiger partial charge on any atom is 0.242 e. The van der Waals surface area contributed by atoms with Gasteiger partial charge in [0.25, 0.3) is 0 Å². The maximum atomic E-state index is 13.6. The molecule has 0 heterocycles.